The molecule has 0 bridgehead atoms. The minimum atomic E-state index is 0.183. The third kappa shape index (κ3) is 2.85. The van der Waals surface area contributed by atoms with Crippen LogP contribution in [0, 0.1) is 0 Å². The third-order valence-corrected chi connectivity index (χ3v) is 3.52. The van der Waals surface area contributed by atoms with Crippen molar-refractivity contribution in [2.24, 2.45) is 0 Å². The van der Waals surface area contributed by atoms with Gasteiger partial charge < -0.3 is 14.8 Å². The molecule has 3 rings (SSSR count). The Hall–Kier alpha value is -2.23. The molecule has 0 amide bonds. The molecule has 20 heavy (non-hydrogen) atoms. The van der Waals surface area contributed by atoms with E-state index in [0.717, 1.165) is 36.6 Å². The molecule has 1 N–H and O–H groups in total. The van der Waals surface area contributed by atoms with Crippen molar-refractivity contribution in [1.29, 1.82) is 0 Å². The number of aromatic nitrogens is 1. The summed E-state index contributed by atoms with van der Waals surface area (Å²) in [6.45, 7) is 0.792. The molecule has 1 aliphatic heterocycles. The first-order valence-electron chi connectivity index (χ1n) is 6.82. The molecule has 0 fully saturated rings. The molecule has 1 aromatic heterocycles. The average molecular weight is 270 g/mol. The fraction of sp³-hybridized carbons (Fsp3) is 0.312. The lowest BCUT2D eigenvalue weighted by atomic mass is 10.0. The summed E-state index contributed by atoms with van der Waals surface area (Å²) in [7, 11) is 1.67. The SMILES string of the molecule is COc1ccc2c(c1)OC(CNc1ccncc1)CC2. The fourth-order valence-electron chi connectivity index (χ4n) is 2.38. The second-order valence-corrected chi connectivity index (χ2v) is 4.87. The van der Waals surface area contributed by atoms with Gasteiger partial charge in [-0.05, 0) is 36.6 Å². The van der Waals surface area contributed by atoms with Gasteiger partial charge >= 0.3 is 0 Å². The van der Waals surface area contributed by atoms with Crippen LogP contribution < -0.4 is 14.8 Å². The van der Waals surface area contributed by atoms with Gasteiger partial charge in [0.2, 0.25) is 0 Å². The Morgan fingerprint density at radius 1 is 1.30 bits per heavy atom. The van der Waals surface area contributed by atoms with E-state index in [1.54, 1.807) is 19.5 Å². The van der Waals surface area contributed by atoms with E-state index in [1.807, 2.05) is 24.3 Å². The molecule has 1 atom stereocenters. The van der Waals surface area contributed by atoms with Gasteiger partial charge in [0.1, 0.15) is 17.6 Å². The van der Waals surface area contributed by atoms with E-state index in [1.165, 1.54) is 5.56 Å². The molecule has 4 nitrogen and oxygen atoms in total. The van der Waals surface area contributed by atoms with E-state index >= 15 is 0 Å². The topological polar surface area (TPSA) is 43.4 Å². The summed E-state index contributed by atoms with van der Waals surface area (Å²) in [6, 6.07) is 9.95. The van der Waals surface area contributed by atoms with E-state index in [-0.39, 0.29) is 6.10 Å². The van der Waals surface area contributed by atoms with Gasteiger partial charge in [-0.3, -0.25) is 4.98 Å². The zero-order valence-corrected chi connectivity index (χ0v) is 11.5. The number of ether oxygens (including phenoxy) is 2. The molecule has 1 aromatic carbocycles. The highest BCUT2D eigenvalue weighted by Gasteiger charge is 2.19. The standard InChI is InChI=1S/C16H18N2O2/c1-19-14-4-2-12-3-5-15(20-16(12)10-14)11-18-13-6-8-17-9-7-13/h2,4,6-10,15H,3,5,11H2,1H3,(H,17,18). The monoisotopic (exact) mass is 270 g/mol. The molecule has 1 unspecified atom stereocenters. The molecule has 0 spiro atoms. The smallest absolute Gasteiger partial charge is 0.126 e. The summed E-state index contributed by atoms with van der Waals surface area (Å²) in [5, 5.41) is 3.38. The number of rotatable bonds is 4. The van der Waals surface area contributed by atoms with Crippen molar-refractivity contribution in [1.82, 2.24) is 4.98 Å². The fourth-order valence-corrected chi connectivity index (χ4v) is 2.38. The van der Waals surface area contributed by atoms with Crippen molar-refractivity contribution in [2.75, 3.05) is 19.0 Å². The second kappa shape index (κ2) is 5.82. The highest BCUT2D eigenvalue weighted by molar-refractivity contribution is 5.43. The number of nitrogens with zero attached hydrogens (tertiary/aromatic N) is 1. The van der Waals surface area contributed by atoms with Crippen molar-refractivity contribution in [3.8, 4) is 11.5 Å². The first kappa shape index (κ1) is 12.8. The van der Waals surface area contributed by atoms with Crippen molar-refractivity contribution in [2.45, 2.75) is 18.9 Å². The van der Waals surface area contributed by atoms with Gasteiger partial charge in [-0.1, -0.05) is 6.07 Å². The van der Waals surface area contributed by atoms with Crippen LogP contribution in [0.3, 0.4) is 0 Å². The van der Waals surface area contributed by atoms with Crippen LogP contribution in [0.2, 0.25) is 0 Å². The van der Waals surface area contributed by atoms with Crippen LogP contribution in [0.5, 0.6) is 11.5 Å². The molecule has 0 saturated carbocycles. The quantitative estimate of drug-likeness (QED) is 0.927. The van der Waals surface area contributed by atoms with Crippen LogP contribution in [0.4, 0.5) is 5.69 Å². The maximum absolute atomic E-state index is 6.04. The van der Waals surface area contributed by atoms with Crippen LogP contribution in [0.1, 0.15) is 12.0 Å². The molecule has 104 valence electrons. The number of methoxy groups -OCH3 is 1. The first-order chi connectivity index (χ1) is 9.85. The Labute approximate surface area is 118 Å². The third-order valence-electron chi connectivity index (χ3n) is 3.52. The van der Waals surface area contributed by atoms with Crippen molar-refractivity contribution in [3.63, 3.8) is 0 Å². The highest BCUT2D eigenvalue weighted by Crippen LogP contribution is 2.31. The predicted octanol–water partition coefficient (Wildman–Crippen LogP) is 2.90. The summed E-state index contributed by atoms with van der Waals surface area (Å²) in [4.78, 5) is 4.00. The Morgan fingerprint density at radius 3 is 2.95 bits per heavy atom. The molecule has 2 heterocycles. The highest BCUT2D eigenvalue weighted by atomic mass is 16.5. The first-order valence-corrected chi connectivity index (χ1v) is 6.82. The van der Waals surface area contributed by atoms with E-state index in [0.29, 0.717) is 0 Å². The molecule has 0 saturated heterocycles. The maximum Gasteiger partial charge on any atom is 0.126 e. The number of nitrogens with one attached hydrogen (secondary N) is 1. The lowest BCUT2D eigenvalue weighted by molar-refractivity contribution is 0.185. The summed E-state index contributed by atoms with van der Waals surface area (Å²) >= 11 is 0. The zero-order chi connectivity index (χ0) is 13.8. The van der Waals surface area contributed by atoms with Gasteiger partial charge in [0.15, 0.2) is 0 Å². The lowest BCUT2D eigenvalue weighted by Gasteiger charge is -2.27. The van der Waals surface area contributed by atoms with E-state index in [4.69, 9.17) is 9.47 Å². The van der Waals surface area contributed by atoms with E-state index in [9.17, 15) is 0 Å². The summed E-state index contributed by atoms with van der Waals surface area (Å²) in [5.41, 5.74) is 2.33. The Morgan fingerprint density at radius 2 is 2.15 bits per heavy atom. The largest absolute Gasteiger partial charge is 0.497 e. The van der Waals surface area contributed by atoms with Crippen LogP contribution in [-0.4, -0.2) is 24.7 Å². The van der Waals surface area contributed by atoms with Crippen molar-refractivity contribution >= 4 is 5.69 Å². The van der Waals surface area contributed by atoms with E-state index in [2.05, 4.69) is 16.4 Å². The molecular weight excluding hydrogens is 252 g/mol. The van der Waals surface area contributed by atoms with Gasteiger partial charge in [0.25, 0.3) is 0 Å². The Bertz CT molecular complexity index is 572. The van der Waals surface area contributed by atoms with Gasteiger partial charge in [-0.2, -0.15) is 0 Å². The van der Waals surface area contributed by atoms with Crippen molar-refractivity contribution in [3.05, 3.63) is 48.3 Å². The number of benzene rings is 1. The maximum atomic E-state index is 6.04. The zero-order valence-electron chi connectivity index (χ0n) is 11.5. The molecule has 1 aliphatic rings. The number of anilines is 1. The second-order valence-electron chi connectivity index (χ2n) is 4.87. The lowest BCUT2D eigenvalue weighted by Crippen LogP contribution is -2.30. The van der Waals surface area contributed by atoms with Gasteiger partial charge in [-0.15, -0.1) is 0 Å². The average Bonchev–Trinajstić information content (AvgIpc) is 2.53. The van der Waals surface area contributed by atoms with Crippen molar-refractivity contribution < 1.29 is 9.47 Å². The molecule has 0 radical (unpaired) electrons. The predicted molar refractivity (Wildman–Crippen MR) is 78.5 cm³/mol. The number of aryl methyl sites for hydroxylation is 1. The van der Waals surface area contributed by atoms with Crippen LogP contribution in [0.15, 0.2) is 42.7 Å². The van der Waals surface area contributed by atoms with Crippen LogP contribution in [0.25, 0.3) is 0 Å². The number of pyridine rings is 1. The number of hydrogen-bond acceptors (Lipinski definition) is 4. The molecule has 4 heteroatoms. The normalized spacial score (nSPS) is 16.9. The Kier molecular flexibility index (Phi) is 3.72. The minimum Gasteiger partial charge on any atom is -0.497 e. The van der Waals surface area contributed by atoms with Crippen LogP contribution >= 0.6 is 0 Å². The molecular formula is C16H18N2O2. The van der Waals surface area contributed by atoms with Gasteiger partial charge in [0, 0.05) is 24.1 Å². The summed E-state index contributed by atoms with van der Waals surface area (Å²) in [6.07, 6.45) is 5.82. The van der Waals surface area contributed by atoms with Gasteiger partial charge in [0.05, 0.1) is 13.7 Å². The van der Waals surface area contributed by atoms with Crippen LogP contribution in [-0.2, 0) is 6.42 Å². The van der Waals surface area contributed by atoms with E-state index < -0.39 is 0 Å². The number of hydrogen-bond donors (Lipinski definition) is 1. The van der Waals surface area contributed by atoms with Gasteiger partial charge in [-0.25, -0.2) is 0 Å². The summed E-state index contributed by atoms with van der Waals surface area (Å²) in [5.74, 6) is 1.78. The molecule has 0 aliphatic carbocycles. The molecule has 2 aromatic rings. The number of fused-ring (bicyclic) bond motifs is 1. The summed E-state index contributed by atoms with van der Waals surface area (Å²) < 4.78 is 11.3. The Balaban J connectivity index is 1.63. The minimum absolute atomic E-state index is 0.183.